The maximum atomic E-state index is 15.2. The second-order valence-corrected chi connectivity index (χ2v) is 10.3. The van der Waals surface area contributed by atoms with Crippen LogP contribution in [0.5, 0.6) is 0 Å². The second-order valence-electron chi connectivity index (χ2n) is 10.3. The minimum atomic E-state index is -1.30. The maximum Gasteiger partial charge on any atom is 0.407 e. The number of fused-ring (bicyclic) bond motifs is 1. The Morgan fingerprint density at radius 2 is 2.09 bits per heavy atom. The predicted octanol–water partition coefficient (Wildman–Crippen LogP) is 4.08. The molecule has 35 heavy (non-hydrogen) atoms. The second kappa shape index (κ2) is 8.47. The number of alkyl carbamates (subject to hydrolysis) is 1. The van der Waals surface area contributed by atoms with Crippen LogP contribution in [0.25, 0.3) is 5.65 Å². The Morgan fingerprint density at radius 3 is 2.83 bits per heavy atom. The molecule has 0 radical (unpaired) electrons. The van der Waals surface area contributed by atoms with Crippen molar-refractivity contribution in [2.75, 3.05) is 12.4 Å². The van der Waals surface area contributed by atoms with Crippen LogP contribution in [0.15, 0.2) is 18.3 Å². The molecule has 3 aromatic rings. The lowest BCUT2D eigenvalue weighted by Gasteiger charge is -2.19. The van der Waals surface area contributed by atoms with Gasteiger partial charge >= 0.3 is 6.09 Å². The van der Waals surface area contributed by atoms with E-state index in [0.29, 0.717) is 42.8 Å². The van der Waals surface area contributed by atoms with E-state index in [-0.39, 0.29) is 5.54 Å². The number of nitrogens with one attached hydrogen (secondary N) is 3. The number of nitrogens with zero attached hydrogens (tertiary/aromatic N) is 4. The summed E-state index contributed by atoms with van der Waals surface area (Å²) in [7, 11) is 1.64. The molecule has 6 rings (SSSR count). The number of carbonyl (C=O) groups excluding carboxylic acids is 1. The maximum absolute atomic E-state index is 15.2. The average molecular weight is 484 g/mol. The van der Waals surface area contributed by atoms with Gasteiger partial charge in [-0.3, -0.25) is 9.50 Å². The zero-order chi connectivity index (χ0) is 24.2. The molecule has 0 spiro atoms. The zero-order valence-electron chi connectivity index (χ0n) is 19.9. The molecule has 3 aliphatic rings. The van der Waals surface area contributed by atoms with Crippen molar-refractivity contribution >= 4 is 23.5 Å². The summed E-state index contributed by atoms with van der Waals surface area (Å²) >= 11 is 0. The molecule has 3 atom stereocenters. The molecule has 3 saturated carbocycles. The summed E-state index contributed by atoms with van der Waals surface area (Å²) in [5.74, 6) is 1.19. The smallest absolute Gasteiger partial charge is 0.407 e. The van der Waals surface area contributed by atoms with Crippen LogP contribution < -0.4 is 10.6 Å². The van der Waals surface area contributed by atoms with Crippen LogP contribution in [0.2, 0.25) is 0 Å². The minimum absolute atomic E-state index is 0.194. The summed E-state index contributed by atoms with van der Waals surface area (Å²) in [6.07, 6.45) is 4.44. The molecule has 3 aliphatic carbocycles. The lowest BCUT2D eigenvalue weighted by atomic mass is 10.0. The first-order valence-corrected chi connectivity index (χ1v) is 12.2. The molecule has 11 heteroatoms. The van der Waals surface area contributed by atoms with Gasteiger partial charge in [0.15, 0.2) is 5.82 Å². The number of aromatic amines is 1. The van der Waals surface area contributed by atoms with E-state index < -0.39 is 24.3 Å². The third kappa shape index (κ3) is 4.56. The number of amides is 1. The fourth-order valence-electron chi connectivity index (χ4n) is 4.75. The Kier molecular flexibility index (Phi) is 5.39. The normalized spacial score (nSPS) is 25.1. The Labute approximate surface area is 202 Å². The number of alkyl halides is 1. The SMILES string of the molecule is COCc1cn2c(Nc3cc([C@H]4CC[C@@H](OC(=O)NC5(C)CC5)[C@H]4F)[nH]n3)nc(C3CC3)cc2n1. The third-order valence-electron chi connectivity index (χ3n) is 7.21. The van der Waals surface area contributed by atoms with Crippen LogP contribution in [0.3, 0.4) is 0 Å². The average Bonchev–Trinajstić information content (AvgIpc) is 3.66. The lowest BCUT2D eigenvalue weighted by molar-refractivity contribution is 0.0546. The zero-order valence-corrected chi connectivity index (χ0v) is 19.9. The molecule has 3 aromatic heterocycles. The summed E-state index contributed by atoms with van der Waals surface area (Å²) in [5, 5.41) is 13.4. The number of hydrogen-bond donors (Lipinski definition) is 3. The first-order chi connectivity index (χ1) is 16.9. The fourth-order valence-corrected chi connectivity index (χ4v) is 4.75. The molecule has 0 unspecified atom stereocenters. The van der Waals surface area contributed by atoms with Crippen LogP contribution in [0.4, 0.5) is 21.0 Å². The highest BCUT2D eigenvalue weighted by Crippen LogP contribution is 2.41. The van der Waals surface area contributed by atoms with Crippen molar-refractivity contribution in [2.24, 2.45) is 0 Å². The predicted molar refractivity (Wildman–Crippen MR) is 125 cm³/mol. The van der Waals surface area contributed by atoms with Gasteiger partial charge < -0.3 is 20.1 Å². The number of hydrogen-bond acceptors (Lipinski definition) is 7. The van der Waals surface area contributed by atoms with Crippen LogP contribution in [-0.4, -0.2) is 55.6 Å². The van der Waals surface area contributed by atoms with Gasteiger partial charge in [-0.25, -0.2) is 19.2 Å². The monoisotopic (exact) mass is 483 g/mol. The largest absolute Gasteiger partial charge is 0.443 e. The van der Waals surface area contributed by atoms with Crippen molar-refractivity contribution < 1.29 is 18.7 Å². The fraction of sp³-hybridized carbons (Fsp3) is 0.583. The van der Waals surface area contributed by atoms with Crippen molar-refractivity contribution in [1.82, 2.24) is 29.9 Å². The highest BCUT2D eigenvalue weighted by Gasteiger charge is 2.43. The highest BCUT2D eigenvalue weighted by molar-refractivity contribution is 5.69. The number of H-pyrrole nitrogens is 1. The van der Waals surface area contributed by atoms with E-state index in [1.807, 2.05) is 23.6 Å². The summed E-state index contributed by atoms with van der Waals surface area (Å²) in [6.45, 7) is 2.37. The van der Waals surface area contributed by atoms with Gasteiger partial charge in [0.2, 0.25) is 5.95 Å². The highest BCUT2D eigenvalue weighted by atomic mass is 19.1. The summed E-state index contributed by atoms with van der Waals surface area (Å²) in [6, 6.07) is 3.82. The van der Waals surface area contributed by atoms with Gasteiger partial charge in [-0.05, 0) is 45.4 Å². The summed E-state index contributed by atoms with van der Waals surface area (Å²) in [4.78, 5) is 21.6. The van der Waals surface area contributed by atoms with Gasteiger partial charge in [-0.2, -0.15) is 5.10 Å². The Morgan fingerprint density at radius 1 is 1.26 bits per heavy atom. The van der Waals surface area contributed by atoms with Crippen molar-refractivity contribution in [2.45, 2.75) is 81.7 Å². The van der Waals surface area contributed by atoms with E-state index >= 15 is 4.39 Å². The number of rotatable bonds is 8. The lowest BCUT2D eigenvalue weighted by Crippen LogP contribution is -2.38. The van der Waals surface area contributed by atoms with Crippen LogP contribution >= 0.6 is 0 Å². The number of aromatic nitrogens is 5. The quantitative estimate of drug-likeness (QED) is 0.442. The molecule has 0 bridgehead atoms. The van der Waals surface area contributed by atoms with E-state index in [0.717, 1.165) is 42.7 Å². The molecular formula is C24H30FN7O3. The van der Waals surface area contributed by atoms with Gasteiger partial charge in [-0.15, -0.1) is 0 Å². The number of carbonyl (C=O) groups is 1. The van der Waals surface area contributed by atoms with Gasteiger partial charge in [0.05, 0.1) is 18.0 Å². The van der Waals surface area contributed by atoms with E-state index in [1.165, 1.54) is 0 Å². The van der Waals surface area contributed by atoms with E-state index in [2.05, 4.69) is 25.8 Å². The van der Waals surface area contributed by atoms with Gasteiger partial charge in [0.1, 0.15) is 17.9 Å². The molecule has 10 nitrogen and oxygen atoms in total. The number of halogens is 1. The Hall–Kier alpha value is -3.21. The first kappa shape index (κ1) is 22.3. The van der Waals surface area contributed by atoms with Crippen molar-refractivity contribution in [3.05, 3.63) is 35.4 Å². The number of imidazole rings is 1. The molecule has 1 amide bonds. The molecule has 3 fully saturated rings. The van der Waals surface area contributed by atoms with Crippen molar-refractivity contribution in [1.29, 1.82) is 0 Å². The number of anilines is 2. The van der Waals surface area contributed by atoms with Gasteiger partial charge in [0, 0.05) is 48.5 Å². The van der Waals surface area contributed by atoms with Crippen molar-refractivity contribution in [3.63, 3.8) is 0 Å². The molecule has 3 heterocycles. The topological polar surface area (TPSA) is 118 Å². The van der Waals surface area contributed by atoms with E-state index in [4.69, 9.17) is 14.5 Å². The molecule has 0 aliphatic heterocycles. The Balaban J connectivity index is 1.17. The van der Waals surface area contributed by atoms with Gasteiger partial charge in [-0.1, -0.05) is 0 Å². The first-order valence-electron chi connectivity index (χ1n) is 12.2. The molecule has 3 N–H and O–H groups in total. The molecular weight excluding hydrogens is 453 g/mol. The number of ether oxygens (including phenoxy) is 2. The van der Waals surface area contributed by atoms with E-state index in [1.54, 1.807) is 13.2 Å². The summed E-state index contributed by atoms with van der Waals surface area (Å²) < 4.78 is 27.7. The van der Waals surface area contributed by atoms with E-state index in [9.17, 15) is 4.79 Å². The van der Waals surface area contributed by atoms with Gasteiger partial charge in [0.25, 0.3) is 0 Å². The third-order valence-corrected chi connectivity index (χ3v) is 7.21. The number of methoxy groups -OCH3 is 1. The Bertz CT molecular complexity index is 1250. The minimum Gasteiger partial charge on any atom is -0.443 e. The molecule has 0 saturated heterocycles. The molecule has 186 valence electrons. The van der Waals surface area contributed by atoms with Crippen LogP contribution in [0.1, 0.15) is 74.4 Å². The van der Waals surface area contributed by atoms with Crippen LogP contribution in [-0.2, 0) is 16.1 Å². The van der Waals surface area contributed by atoms with Crippen LogP contribution in [0, 0.1) is 0 Å². The standard InChI is InChI=1S/C24H30FN7O3/c1-24(7-8-24)29-23(33)35-18-6-5-15(21(18)25)17-9-19(31-30-17)28-22-27-16(13-3-4-13)10-20-26-14(12-34-2)11-32(20)22/h9-11,13,15,18,21H,3-8,12H2,1-2H3,(H,29,33)(H2,27,28,30,31)/t15-,18-,21+/m1/s1. The summed E-state index contributed by atoms with van der Waals surface area (Å²) in [5.41, 5.74) is 3.08. The van der Waals surface area contributed by atoms with Crippen molar-refractivity contribution in [3.8, 4) is 0 Å². The molecule has 0 aromatic carbocycles.